The van der Waals surface area contributed by atoms with Crippen LogP contribution in [0.4, 0.5) is 0 Å². The number of benzene rings is 1. The van der Waals surface area contributed by atoms with E-state index in [-0.39, 0.29) is 6.01 Å². The Morgan fingerprint density at radius 1 is 1.42 bits per heavy atom. The van der Waals surface area contributed by atoms with Crippen molar-refractivity contribution in [3.05, 3.63) is 30.5 Å². The molecule has 1 aromatic carbocycles. The van der Waals surface area contributed by atoms with Gasteiger partial charge < -0.3 is 9.47 Å². The molecule has 100 valence electrons. The van der Waals surface area contributed by atoms with Crippen LogP contribution in [0.25, 0.3) is 10.9 Å². The van der Waals surface area contributed by atoms with Gasteiger partial charge in [0.1, 0.15) is 0 Å². The molecular weight excluding hydrogens is 264 g/mol. The van der Waals surface area contributed by atoms with Gasteiger partial charge in [-0.1, -0.05) is 18.2 Å². The normalized spacial score (nSPS) is 12.1. The molecular formula is C13H14N2O3S. The summed E-state index contributed by atoms with van der Waals surface area (Å²) >= 11 is 1.24. The van der Waals surface area contributed by atoms with Gasteiger partial charge in [-0.15, -0.1) is 11.8 Å². The van der Waals surface area contributed by atoms with Crippen molar-refractivity contribution in [2.45, 2.75) is 12.4 Å². The lowest BCUT2D eigenvalue weighted by molar-refractivity contribution is -0.147. The maximum Gasteiger partial charge on any atom is 0.358 e. The quantitative estimate of drug-likeness (QED) is 0.617. The SMILES string of the molecule is CCOC(=O)C(Oc1ncc2ccccc2n1)SC. The highest BCUT2D eigenvalue weighted by molar-refractivity contribution is 7.99. The minimum Gasteiger partial charge on any atom is -0.463 e. The molecule has 19 heavy (non-hydrogen) atoms. The van der Waals surface area contributed by atoms with Gasteiger partial charge in [-0.2, -0.15) is 4.98 Å². The van der Waals surface area contributed by atoms with Crippen LogP contribution in [0.3, 0.4) is 0 Å². The second kappa shape index (κ2) is 6.38. The molecule has 1 unspecified atom stereocenters. The zero-order valence-electron chi connectivity index (χ0n) is 10.7. The van der Waals surface area contributed by atoms with Gasteiger partial charge in [0, 0.05) is 11.6 Å². The highest BCUT2D eigenvalue weighted by Crippen LogP contribution is 2.17. The van der Waals surface area contributed by atoms with Crippen molar-refractivity contribution in [2.75, 3.05) is 12.9 Å². The summed E-state index contributed by atoms with van der Waals surface area (Å²) in [6.07, 6.45) is 3.43. The zero-order valence-corrected chi connectivity index (χ0v) is 11.5. The molecule has 0 aliphatic rings. The highest BCUT2D eigenvalue weighted by atomic mass is 32.2. The van der Waals surface area contributed by atoms with Gasteiger partial charge in [-0.05, 0) is 19.2 Å². The lowest BCUT2D eigenvalue weighted by Crippen LogP contribution is -2.26. The van der Waals surface area contributed by atoms with Gasteiger partial charge in [-0.25, -0.2) is 9.78 Å². The maximum absolute atomic E-state index is 11.6. The van der Waals surface area contributed by atoms with Gasteiger partial charge in [0.2, 0.25) is 5.44 Å². The minimum atomic E-state index is -0.749. The fourth-order valence-corrected chi connectivity index (χ4v) is 1.95. The standard InChI is InChI=1S/C13H14N2O3S/c1-3-17-11(16)12(19-2)18-13-14-8-9-6-4-5-7-10(9)15-13/h4-8,12H,3H2,1-2H3. The molecule has 5 nitrogen and oxygen atoms in total. The van der Waals surface area contributed by atoms with E-state index in [9.17, 15) is 4.79 Å². The van der Waals surface area contributed by atoms with Crippen molar-refractivity contribution in [1.82, 2.24) is 9.97 Å². The van der Waals surface area contributed by atoms with Crippen LogP contribution in [-0.4, -0.2) is 34.2 Å². The summed E-state index contributed by atoms with van der Waals surface area (Å²) < 4.78 is 10.4. The predicted molar refractivity (Wildman–Crippen MR) is 74.1 cm³/mol. The van der Waals surface area contributed by atoms with Crippen LogP contribution in [0.15, 0.2) is 30.5 Å². The molecule has 1 heterocycles. The molecule has 1 atom stereocenters. The van der Waals surface area contributed by atoms with Gasteiger partial charge in [0.15, 0.2) is 0 Å². The Hall–Kier alpha value is -1.82. The van der Waals surface area contributed by atoms with Crippen molar-refractivity contribution in [2.24, 2.45) is 0 Å². The summed E-state index contributed by atoms with van der Waals surface area (Å²) in [5, 5.41) is 0.923. The summed E-state index contributed by atoms with van der Waals surface area (Å²) in [5.41, 5.74) is 0.0253. The van der Waals surface area contributed by atoms with Crippen molar-refractivity contribution in [3.63, 3.8) is 0 Å². The molecule has 0 N–H and O–H groups in total. The van der Waals surface area contributed by atoms with Gasteiger partial charge in [-0.3, -0.25) is 0 Å². The molecule has 0 bridgehead atoms. The van der Waals surface area contributed by atoms with E-state index in [1.54, 1.807) is 19.4 Å². The van der Waals surface area contributed by atoms with Crippen molar-refractivity contribution in [1.29, 1.82) is 0 Å². The first-order valence-corrected chi connectivity index (χ1v) is 7.11. The van der Waals surface area contributed by atoms with Crippen LogP contribution >= 0.6 is 11.8 Å². The molecule has 0 amide bonds. The molecule has 0 fully saturated rings. The van der Waals surface area contributed by atoms with Crippen molar-refractivity contribution < 1.29 is 14.3 Å². The third-order valence-corrected chi connectivity index (χ3v) is 3.09. The number of fused-ring (bicyclic) bond motifs is 1. The number of rotatable bonds is 5. The number of nitrogens with zero attached hydrogens (tertiary/aromatic N) is 2. The average Bonchev–Trinajstić information content (AvgIpc) is 2.44. The van der Waals surface area contributed by atoms with Crippen molar-refractivity contribution in [3.8, 4) is 6.01 Å². The lowest BCUT2D eigenvalue weighted by atomic mass is 10.2. The van der Waals surface area contributed by atoms with E-state index in [1.807, 2.05) is 24.3 Å². The number of esters is 1. The van der Waals surface area contributed by atoms with E-state index in [4.69, 9.17) is 9.47 Å². The highest BCUT2D eigenvalue weighted by Gasteiger charge is 2.21. The number of hydrogen-bond acceptors (Lipinski definition) is 6. The Bertz CT molecular complexity index is 577. The third kappa shape index (κ3) is 3.35. The van der Waals surface area contributed by atoms with E-state index >= 15 is 0 Å². The molecule has 2 aromatic rings. The summed E-state index contributed by atoms with van der Waals surface area (Å²) in [7, 11) is 0. The summed E-state index contributed by atoms with van der Waals surface area (Å²) in [6.45, 7) is 2.07. The lowest BCUT2D eigenvalue weighted by Gasteiger charge is -2.13. The Morgan fingerprint density at radius 3 is 2.95 bits per heavy atom. The number of aromatic nitrogens is 2. The van der Waals surface area contributed by atoms with Crippen LogP contribution in [0.1, 0.15) is 6.92 Å². The number of thioether (sulfide) groups is 1. The molecule has 2 rings (SSSR count). The second-order valence-corrected chi connectivity index (χ2v) is 4.55. The van der Waals surface area contributed by atoms with E-state index in [0.717, 1.165) is 10.9 Å². The van der Waals surface area contributed by atoms with Crippen molar-refractivity contribution >= 4 is 28.6 Å². The van der Waals surface area contributed by atoms with Crippen LogP contribution in [0.2, 0.25) is 0 Å². The van der Waals surface area contributed by atoms with E-state index in [1.165, 1.54) is 11.8 Å². The fourth-order valence-electron chi connectivity index (χ4n) is 1.51. The van der Waals surface area contributed by atoms with Crippen LogP contribution in [0, 0.1) is 0 Å². The zero-order chi connectivity index (χ0) is 13.7. The predicted octanol–water partition coefficient (Wildman–Crippen LogP) is 2.26. The number of hydrogen-bond donors (Lipinski definition) is 0. The monoisotopic (exact) mass is 278 g/mol. The molecule has 0 spiro atoms. The Morgan fingerprint density at radius 2 is 2.21 bits per heavy atom. The molecule has 1 aromatic heterocycles. The third-order valence-electron chi connectivity index (χ3n) is 2.37. The van der Waals surface area contributed by atoms with Gasteiger partial charge in [0.05, 0.1) is 12.1 Å². The van der Waals surface area contributed by atoms with E-state index in [0.29, 0.717) is 6.61 Å². The first-order chi connectivity index (χ1) is 9.24. The summed E-state index contributed by atoms with van der Waals surface area (Å²) in [5.74, 6) is -0.424. The Labute approximate surface area is 115 Å². The molecule has 6 heteroatoms. The topological polar surface area (TPSA) is 61.3 Å². The largest absolute Gasteiger partial charge is 0.463 e. The number of ether oxygens (including phenoxy) is 2. The second-order valence-electron chi connectivity index (χ2n) is 3.65. The summed E-state index contributed by atoms with van der Waals surface area (Å²) in [4.78, 5) is 20.0. The smallest absolute Gasteiger partial charge is 0.358 e. The average molecular weight is 278 g/mol. The number of carbonyl (C=O) groups excluding carboxylic acids is 1. The molecule has 0 radical (unpaired) electrons. The minimum absolute atomic E-state index is 0.172. The Balaban J connectivity index is 2.17. The Kier molecular flexibility index (Phi) is 4.57. The van der Waals surface area contributed by atoms with Crippen LogP contribution < -0.4 is 4.74 Å². The van der Waals surface area contributed by atoms with Crippen LogP contribution in [0.5, 0.6) is 6.01 Å². The maximum atomic E-state index is 11.6. The van der Waals surface area contributed by atoms with E-state index < -0.39 is 11.4 Å². The van der Waals surface area contributed by atoms with Gasteiger partial charge in [0.25, 0.3) is 0 Å². The van der Waals surface area contributed by atoms with Crippen LogP contribution in [-0.2, 0) is 9.53 Å². The van der Waals surface area contributed by atoms with E-state index in [2.05, 4.69) is 9.97 Å². The summed E-state index contributed by atoms with van der Waals surface area (Å²) in [6, 6.07) is 7.75. The molecule has 0 saturated heterocycles. The molecule has 0 aliphatic heterocycles. The number of para-hydroxylation sites is 1. The number of carbonyl (C=O) groups is 1. The first-order valence-electron chi connectivity index (χ1n) is 5.82. The van der Waals surface area contributed by atoms with Gasteiger partial charge >= 0.3 is 12.0 Å². The molecule has 0 aliphatic carbocycles. The molecule has 0 saturated carbocycles. The first kappa shape index (κ1) is 13.6. The fraction of sp³-hybridized carbons (Fsp3) is 0.308.